The topological polar surface area (TPSA) is 67.3 Å². The number of anilines is 1. The third kappa shape index (κ3) is 4.35. The lowest BCUT2D eigenvalue weighted by Crippen LogP contribution is -2.56. The number of rotatable bonds is 4. The number of halogens is 3. The van der Waals surface area contributed by atoms with Gasteiger partial charge >= 0.3 is 11.4 Å². The molecule has 0 unspecified atom stereocenters. The lowest BCUT2D eigenvalue weighted by molar-refractivity contribution is -0.133. The van der Waals surface area contributed by atoms with Crippen molar-refractivity contribution in [1.82, 2.24) is 14.5 Å². The Morgan fingerprint density at radius 1 is 1.25 bits per heavy atom. The van der Waals surface area contributed by atoms with E-state index in [1.165, 1.54) is 12.1 Å². The Morgan fingerprint density at radius 3 is 2.75 bits per heavy atom. The summed E-state index contributed by atoms with van der Waals surface area (Å²) < 4.78 is 49.5. The van der Waals surface area contributed by atoms with E-state index in [9.17, 15) is 18.0 Å². The van der Waals surface area contributed by atoms with Crippen molar-refractivity contribution in [3.63, 3.8) is 0 Å². The molecule has 2 atom stereocenters. The standard InChI is InChI=1S/C29H29F3N6O2/c1-17(19-5-4-6-20(25(19)30)26(31)32)35-27-21-13-23-24(14-22(21)36(3)16-34-27)40-12-7-18-15-37(10-11-38(18)23)28(39)29(33-2)8-9-29/h4-6,13-14,16-18,26H,7-12,15H2,1,3H3/t17-,18+/m1/s1. The molecule has 3 aliphatic rings. The van der Waals surface area contributed by atoms with Gasteiger partial charge in [-0.05, 0) is 13.0 Å². The van der Waals surface area contributed by atoms with E-state index in [0.717, 1.165) is 23.7 Å². The average Bonchev–Trinajstić information content (AvgIpc) is 3.77. The number of ether oxygens (including phenoxy) is 1. The third-order valence-electron chi connectivity index (χ3n) is 8.23. The molecule has 11 heteroatoms. The van der Waals surface area contributed by atoms with E-state index in [1.54, 1.807) is 13.3 Å². The number of piperazine rings is 1. The van der Waals surface area contributed by atoms with Gasteiger partial charge in [0.15, 0.2) is 5.49 Å². The van der Waals surface area contributed by atoms with Crippen LogP contribution in [-0.2, 0) is 11.8 Å². The van der Waals surface area contributed by atoms with E-state index in [4.69, 9.17) is 11.3 Å². The Bertz CT molecular complexity index is 1610. The fourth-order valence-corrected chi connectivity index (χ4v) is 5.75. The third-order valence-corrected chi connectivity index (χ3v) is 8.23. The zero-order valence-electron chi connectivity index (χ0n) is 22.3. The zero-order chi connectivity index (χ0) is 28.2. The first-order valence-electron chi connectivity index (χ1n) is 13.4. The molecule has 0 bridgehead atoms. The second kappa shape index (κ2) is 9.84. The van der Waals surface area contributed by atoms with Crippen molar-refractivity contribution >= 4 is 22.5 Å². The quantitative estimate of drug-likeness (QED) is 0.447. The summed E-state index contributed by atoms with van der Waals surface area (Å²) in [6.45, 7) is 11.2. The van der Waals surface area contributed by atoms with Crippen molar-refractivity contribution in [2.75, 3.05) is 31.1 Å². The van der Waals surface area contributed by atoms with Crippen molar-refractivity contribution in [2.24, 2.45) is 12.0 Å². The van der Waals surface area contributed by atoms with Gasteiger partial charge in [-0.3, -0.25) is 14.6 Å². The van der Waals surface area contributed by atoms with Crippen LogP contribution in [0, 0.1) is 12.4 Å². The number of carbonyl (C=O) groups excluding carboxylic acids is 1. The second-order valence-electron chi connectivity index (χ2n) is 10.8. The molecule has 1 amide bonds. The lowest BCUT2D eigenvalue weighted by atomic mass is 10.0. The predicted molar refractivity (Wildman–Crippen MR) is 142 cm³/mol. The highest BCUT2D eigenvalue weighted by Gasteiger charge is 2.60. The maximum Gasteiger partial charge on any atom is 0.309 e. The Kier molecular flexibility index (Phi) is 6.44. The zero-order valence-corrected chi connectivity index (χ0v) is 22.3. The predicted octanol–water partition coefficient (Wildman–Crippen LogP) is 4.56. The summed E-state index contributed by atoms with van der Waals surface area (Å²) in [7, 11) is 1.86. The van der Waals surface area contributed by atoms with Crippen molar-refractivity contribution in [3.05, 3.63) is 70.5 Å². The highest BCUT2D eigenvalue weighted by molar-refractivity contribution is 5.92. The number of aryl methyl sites for hydroxylation is 1. The number of benzene rings is 2. The number of aromatic nitrogens is 2. The molecule has 0 radical (unpaired) electrons. The van der Waals surface area contributed by atoms with E-state index in [-0.39, 0.29) is 17.5 Å². The van der Waals surface area contributed by atoms with Crippen LogP contribution in [0.1, 0.15) is 49.8 Å². The van der Waals surface area contributed by atoms with Crippen LogP contribution in [0.2, 0.25) is 0 Å². The molecular weight excluding hydrogens is 521 g/mol. The molecule has 1 aromatic heterocycles. The van der Waals surface area contributed by atoms with Crippen molar-refractivity contribution in [2.45, 2.75) is 50.2 Å². The molecule has 0 N–H and O–H groups in total. The Balaban J connectivity index is 1.38. The number of alkyl halides is 2. The number of amides is 1. The maximum atomic E-state index is 14.9. The Morgan fingerprint density at radius 2 is 2.02 bits per heavy atom. The maximum absolute atomic E-state index is 14.9. The van der Waals surface area contributed by atoms with Gasteiger partial charge in [-0.25, -0.2) is 24.7 Å². The highest BCUT2D eigenvalue weighted by atomic mass is 19.3. The molecule has 1 saturated heterocycles. The normalized spacial score (nSPS) is 20.8. The van der Waals surface area contributed by atoms with Gasteiger partial charge in [-0.15, -0.1) is 0 Å². The second-order valence-corrected chi connectivity index (χ2v) is 10.8. The van der Waals surface area contributed by atoms with Crippen LogP contribution in [-0.4, -0.2) is 58.2 Å². The van der Waals surface area contributed by atoms with Gasteiger partial charge in [0.1, 0.15) is 11.6 Å². The van der Waals surface area contributed by atoms with Gasteiger partial charge in [0.2, 0.25) is 0 Å². The van der Waals surface area contributed by atoms with Gasteiger partial charge in [0.25, 0.3) is 6.43 Å². The fourth-order valence-electron chi connectivity index (χ4n) is 5.75. The van der Waals surface area contributed by atoms with E-state index in [0.29, 0.717) is 55.7 Å². The van der Waals surface area contributed by atoms with E-state index in [2.05, 4.69) is 19.7 Å². The summed E-state index contributed by atoms with van der Waals surface area (Å²) in [5.74, 6) is -0.310. The molecule has 2 aromatic carbocycles. The van der Waals surface area contributed by atoms with Crippen LogP contribution in [0.5, 0.6) is 5.75 Å². The smallest absolute Gasteiger partial charge is 0.309 e. The van der Waals surface area contributed by atoms with Gasteiger partial charge in [0.05, 0.1) is 41.8 Å². The first kappa shape index (κ1) is 26.2. The summed E-state index contributed by atoms with van der Waals surface area (Å²) in [6, 6.07) is 7.13. The van der Waals surface area contributed by atoms with E-state index in [1.807, 2.05) is 28.6 Å². The first-order valence-corrected chi connectivity index (χ1v) is 13.4. The molecular formula is C29H29F3N6O2. The number of hydrogen-bond donors (Lipinski definition) is 0. The number of carbonyl (C=O) groups is 1. The minimum atomic E-state index is -2.92. The van der Waals surface area contributed by atoms with Gasteiger partial charge in [0, 0.05) is 63.0 Å². The molecule has 40 heavy (non-hydrogen) atoms. The van der Waals surface area contributed by atoms with Crippen molar-refractivity contribution < 1.29 is 22.7 Å². The highest BCUT2D eigenvalue weighted by Crippen LogP contribution is 2.43. The number of hydrogen-bond acceptors (Lipinski definition) is 5. The molecule has 0 spiro atoms. The molecule has 8 nitrogen and oxygen atoms in total. The summed E-state index contributed by atoms with van der Waals surface area (Å²) in [5.41, 5.74) is 0.601. The molecule has 208 valence electrons. The Hall–Kier alpha value is -4.07. The van der Waals surface area contributed by atoms with Crippen molar-refractivity contribution in [3.8, 4) is 5.75 Å². The van der Waals surface area contributed by atoms with Crippen LogP contribution >= 0.6 is 0 Å². The van der Waals surface area contributed by atoms with Crippen molar-refractivity contribution in [1.29, 1.82) is 0 Å². The number of nitrogens with zero attached hydrogens (tertiary/aromatic N) is 6. The molecule has 3 aromatic rings. The lowest BCUT2D eigenvalue weighted by Gasteiger charge is -2.41. The Labute approximate surface area is 229 Å². The van der Waals surface area contributed by atoms with E-state index < -0.39 is 29.4 Å². The van der Waals surface area contributed by atoms with E-state index >= 15 is 0 Å². The van der Waals surface area contributed by atoms with Crippen LogP contribution in [0.3, 0.4) is 0 Å². The largest absolute Gasteiger partial charge is 0.491 e. The molecule has 2 aliphatic heterocycles. The van der Waals surface area contributed by atoms with Crippen LogP contribution in [0.25, 0.3) is 15.7 Å². The summed E-state index contributed by atoms with van der Waals surface area (Å²) in [4.78, 5) is 29.9. The summed E-state index contributed by atoms with van der Waals surface area (Å²) >= 11 is 0. The summed E-state index contributed by atoms with van der Waals surface area (Å²) in [6.07, 6.45) is 0.670. The molecule has 1 saturated carbocycles. The van der Waals surface area contributed by atoms with Gasteiger partial charge in [-0.1, -0.05) is 18.2 Å². The molecule has 2 fully saturated rings. The minimum Gasteiger partial charge on any atom is -0.491 e. The average molecular weight is 551 g/mol. The van der Waals surface area contributed by atoms with Crippen LogP contribution < -0.4 is 15.1 Å². The minimum absolute atomic E-state index is 0.0221. The SMILES string of the molecule is [C-]#[N+]C1(C(=O)N2CCN3c4cc5c(=N[C@H](C)c6cccc(C(F)F)c6F)ncn(C)c5cc4OCC[C@H]3C2)CC1. The van der Waals surface area contributed by atoms with Gasteiger partial charge < -0.3 is 19.1 Å². The molecule has 1 aliphatic carbocycles. The fraction of sp³-hybridized carbons (Fsp3) is 0.448. The first-order chi connectivity index (χ1) is 19.2. The summed E-state index contributed by atoms with van der Waals surface area (Å²) in [5, 5.41) is 0.716. The van der Waals surface area contributed by atoms with Crippen LogP contribution in [0.4, 0.5) is 18.9 Å². The molecule has 3 heterocycles. The monoisotopic (exact) mass is 550 g/mol. The number of fused-ring (bicyclic) bond motifs is 4. The molecule has 6 rings (SSSR count). The van der Waals surface area contributed by atoms with Crippen LogP contribution in [0.15, 0.2) is 41.7 Å². The van der Waals surface area contributed by atoms with Gasteiger partial charge in [-0.2, -0.15) is 0 Å².